The first-order chi connectivity index (χ1) is 9.13. The summed E-state index contributed by atoms with van der Waals surface area (Å²) in [7, 11) is 0. The quantitative estimate of drug-likeness (QED) is 0.581. The maximum Gasteiger partial charge on any atom is 0.179 e. The van der Waals surface area contributed by atoms with Crippen molar-refractivity contribution >= 4 is 35.0 Å². The minimum atomic E-state index is 0.367. The number of fused-ring (bicyclic) bond motifs is 1. The van der Waals surface area contributed by atoms with Gasteiger partial charge in [-0.3, -0.25) is 4.57 Å². The first-order valence-corrected chi connectivity index (χ1v) is 7.68. The van der Waals surface area contributed by atoms with Crippen LogP contribution in [0, 0.1) is 4.77 Å². The third-order valence-corrected chi connectivity index (χ3v) is 3.94. The smallest absolute Gasteiger partial charge is 0.179 e. The molecule has 0 bridgehead atoms. The Bertz CT molecular complexity index is 602. The normalized spacial score (nSPS) is 13.0. The highest BCUT2D eigenvalue weighted by Crippen LogP contribution is 2.23. The van der Waals surface area contributed by atoms with Crippen LogP contribution in [0.25, 0.3) is 11.2 Å². The third kappa shape index (κ3) is 3.37. The Morgan fingerprint density at radius 1 is 1.42 bits per heavy atom. The van der Waals surface area contributed by atoms with Crippen molar-refractivity contribution in [2.24, 2.45) is 0 Å². The molecule has 0 aliphatic heterocycles. The van der Waals surface area contributed by atoms with Gasteiger partial charge in [0.1, 0.15) is 0 Å². The number of H-pyrrole nitrogens is 1. The molecular weight excluding hydrogens is 278 g/mol. The van der Waals surface area contributed by atoms with Crippen molar-refractivity contribution in [3.05, 3.63) is 22.1 Å². The van der Waals surface area contributed by atoms with Gasteiger partial charge in [0.2, 0.25) is 0 Å². The molecule has 0 aliphatic rings. The van der Waals surface area contributed by atoms with Crippen LogP contribution in [0.3, 0.4) is 0 Å². The van der Waals surface area contributed by atoms with Gasteiger partial charge in [-0.15, -0.1) is 0 Å². The molecule has 0 spiro atoms. The lowest BCUT2D eigenvalue weighted by molar-refractivity contribution is 0.476. The summed E-state index contributed by atoms with van der Waals surface area (Å²) in [5.74, 6) is 0. The number of unbranched alkanes of at least 4 members (excludes halogenated alkanes) is 3. The molecule has 0 aromatic carbocycles. The van der Waals surface area contributed by atoms with Crippen molar-refractivity contribution in [3.63, 3.8) is 0 Å². The summed E-state index contributed by atoms with van der Waals surface area (Å²) in [6.45, 7) is 4.43. The largest absolute Gasteiger partial charge is 0.329 e. The molecule has 0 saturated heterocycles. The lowest BCUT2D eigenvalue weighted by Gasteiger charge is -2.13. The van der Waals surface area contributed by atoms with E-state index in [2.05, 4.69) is 28.4 Å². The Morgan fingerprint density at radius 2 is 2.21 bits per heavy atom. The SMILES string of the molecule is CCCCCCC(C)n1c(=S)[nH]c2cc(Cl)cnc21. The lowest BCUT2D eigenvalue weighted by atomic mass is 10.1. The van der Waals surface area contributed by atoms with Crippen LogP contribution < -0.4 is 0 Å². The third-order valence-electron chi connectivity index (χ3n) is 3.44. The summed E-state index contributed by atoms with van der Waals surface area (Å²) in [6, 6.07) is 2.24. The summed E-state index contributed by atoms with van der Waals surface area (Å²) in [6.07, 6.45) is 7.89. The minimum Gasteiger partial charge on any atom is -0.329 e. The van der Waals surface area contributed by atoms with Gasteiger partial charge in [-0.25, -0.2) is 4.98 Å². The monoisotopic (exact) mass is 297 g/mol. The molecule has 0 amide bonds. The highest BCUT2D eigenvalue weighted by atomic mass is 35.5. The molecule has 1 atom stereocenters. The zero-order chi connectivity index (χ0) is 13.8. The van der Waals surface area contributed by atoms with E-state index in [1.54, 1.807) is 6.20 Å². The Balaban J connectivity index is 2.19. The second-order valence-corrected chi connectivity index (χ2v) is 5.85. The summed E-state index contributed by atoms with van der Waals surface area (Å²) in [5.41, 5.74) is 1.82. The summed E-state index contributed by atoms with van der Waals surface area (Å²) >= 11 is 11.4. The van der Waals surface area contributed by atoms with E-state index < -0.39 is 0 Å². The molecule has 2 aromatic heterocycles. The summed E-state index contributed by atoms with van der Waals surface area (Å²) in [4.78, 5) is 7.58. The van der Waals surface area contributed by atoms with Gasteiger partial charge in [0.25, 0.3) is 0 Å². The topological polar surface area (TPSA) is 33.6 Å². The number of pyridine rings is 1. The van der Waals surface area contributed by atoms with Crippen molar-refractivity contribution in [2.75, 3.05) is 0 Å². The van der Waals surface area contributed by atoms with Gasteiger partial charge in [0.15, 0.2) is 10.4 Å². The molecule has 0 saturated carbocycles. The number of nitrogens with zero attached hydrogens (tertiary/aromatic N) is 2. The maximum absolute atomic E-state index is 5.95. The molecule has 19 heavy (non-hydrogen) atoms. The second-order valence-electron chi connectivity index (χ2n) is 5.02. The highest BCUT2D eigenvalue weighted by Gasteiger charge is 2.12. The number of aromatic amines is 1. The van der Waals surface area contributed by atoms with E-state index in [0.29, 0.717) is 11.1 Å². The molecule has 2 aromatic rings. The lowest BCUT2D eigenvalue weighted by Crippen LogP contribution is -2.06. The average molecular weight is 298 g/mol. The molecule has 0 radical (unpaired) electrons. The molecule has 5 heteroatoms. The number of nitrogens with one attached hydrogen (secondary N) is 1. The molecule has 0 aliphatic carbocycles. The molecule has 104 valence electrons. The standard InChI is InChI=1S/C14H20ClN3S/c1-3-4-5-6-7-10(2)18-13-12(17-14(18)19)8-11(15)9-16-13/h8-10H,3-7H2,1-2H3,(H,17,19). The van der Waals surface area contributed by atoms with Crippen LogP contribution in [0.2, 0.25) is 5.02 Å². The predicted octanol–water partition coefficient (Wildman–Crippen LogP) is 5.28. The van der Waals surface area contributed by atoms with Crippen molar-refractivity contribution in [1.82, 2.24) is 14.5 Å². The van der Waals surface area contributed by atoms with Gasteiger partial charge in [0.05, 0.1) is 10.5 Å². The zero-order valence-corrected chi connectivity index (χ0v) is 13.0. The van der Waals surface area contributed by atoms with Crippen molar-refractivity contribution in [2.45, 2.75) is 52.0 Å². The van der Waals surface area contributed by atoms with Gasteiger partial charge < -0.3 is 4.98 Å². The number of aromatic nitrogens is 3. The van der Waals surface area contributed by atoms with Crippen LogP contribution in [0.1, 0.15) is 52.0 Å². The number of rotatable bonds is 6. The Labute approximate surface area is 124 Å². The van der Waals surface area contributed by atoms with Crippen LogP contribution >= 0.6 is 23.8 Å². The van der Waals surface area contributed by atoms with Crippen LogP contribution in [-0.4, -0.2) is 14.5 Å². The zero-order valence-electron chi connectivity index (χ0n) is 11.4. The molecule has 2 rings (SSSR count). The Morgan fingerprint density at radius 3 is 2.95 bits per heavy atom. The first kappa shape index (κ1) is 14.5. The van der Waals surface area contributed by atoms with E-state index in [1.165, 1.54) is 25.7 Å². The van der Waals surface area contributed by atoms with Crippen LogP contribution in [0.4, 0.5) is 0 Å². The van der Waals surface area contributed by atoms with E-state index >= 15 is 0 Å². The molecule has 1 N–H and O–H groups in total. The van der Waals surface area contributed by atoms with Gasteiger partial charge in [0, 0.05) is 12.2 Å². The summed E-state index contributed by atoms with van der Waals surface area (Å²) in [5, 5.41) is 0.631. The maximum atomic E-state index is 5.95. The number of imidazole rings is 1. The molecule has 0 fully saturated rings. The van der Waals surface area contributed by atoms with E-state index in [4.69, 9.17) is 23.8 Å². The van der Waals surface area contributed by atoms with Crippen molar-refractivity contribution in [3.8, 4) is 0 Å². The number of hydrogen-bond acceptors (Lipinski definition) is 2. The van der Waals surface area contributed by atoms with E-state index in [0.717, 1.165) is 22.4 Å². The molecular formula is C14H20ClN3S. The highest BCUT2D eigenvalue weighted by molar-refractivity contribution is 7.71. The van der Waals surface area contributed by atoms with Crippen molar-refractivity contribution < 1.29 is 0 Å². The van der Waals surface area contributed by atoms with Gasteiger partial charge >= 0.3 is 0 Å². The number of hydrogen-bond donors (Lipinski definition) is 1. The van der Waals surface area contributed by atoms with E-state index in [-0.39, 0.29) is 0 Å². The summed E-state index contributed by atoms with van der Waals surface area (Å²) < 4.78 is 2.83. The molecule has 3 nitrogen and oxygen atoms in total. The fraction of sp³-hybridized carbons (Fsp3) is 0.571. The second kappa shape index (κ2) is 6.53. The van der Waals surface area contributed by atoms with Crippen LogP contribution in [0.15, 0.2) is 12.3 Å². The minimum absolute atomic E-state index is 0.367. The van der Waals surface area contributed by atoms with E-state index in [9.17, 15) is 0 Å². The van der Waals surface area contributed by atoms with Gasteiger partial charge in [-0.2, -0.15) is 0 Å². The van der Waals surface area contributed by atoms with Crippen LogP contribution in [0.5, 0.6) is 0 Å². The van der Waals surface area contributed by atoms with Gasteiger partial charge in [-0.05, 0) is 31.6 Å². The number of halogens is 1. The molecule has 2 heterocycles. The van der Waals surface area contributed by atoms with Crippen LogP contribution in [-0.2, 0) is 0 Å². The Kier molecular flexibility index (Phi) is 4.99. The van der Waals surface area contributed by atoms with Crippen molar-refractivity contribution in [1.29, 1.82) is 0 Å². The van der Waals surface area contributed by atoms with Gasteiger partial charge in [-0.1, -0.05) is 44.2 Å². The first-order valence-electron chi connectivity index (χ1n) is 6.89. The van der Waals surface area contributed by atoms with E-state index in [1.807, 2.05) is 6.07 Å². The Hall–Kier alpha value is -0.870. The predicted molar refractivity (Wildman–Crippen MR) is 83.4 cm³/mol. The fourth-order valence-corrected chi connectivity index (χ4v) is 2.93. The fourth-order valence-electron chi connectivity index (χ4n) is 2.39. The molecule has 1 unspecified atom stereocenters. The average Bonchev–Trinajstić information content (AvgIpc) is 2.69.